The van der Waals surface area contributed by atoms with Crippen LogP contribution in [0.2, 0.25) is 0 Å². The van der Waals surface area contributed by atoms with Gasteiger partial charge in [-0.3, -0.25) is 9.59 Å². The van der Waals surface area contributed by atoms with Crippen molar-refractivity contribution in [1.82, 2.24) is 9.80 Å². The number of nitrogens with zero attached hydrogens (tertiary/aromatic N) is 3. The summed E-state index contributed by atoms with van der Waals surface area (Å²) in [6.45, 7) is 7.37. The van der Waals surface area contributed by atoms with Crippen molar-refractivity contribution in [2.45, 2.75) is 64.5 Å². The molecule has 1 aromatic rings. The van der Waals surface area contributed by atoms with E-state index in [1.54, 1.807) is 6.92 Å². The molecule has 2 amide bonds. The molecule has 1 aromatic carbocycles. The average molecular weight is 428 g/mol. The molecular weight excluding hydrogens is 390 g/mol. The molecule has 0 radical (unpaired) electrons. The van der Waals surface area contributed by atoms with E-state index in [0.29, 0.717) is 31.5 Å². The van der Waals surface area contributed by atoms with Gasteiger partial charge in [-0.2, -0.15) is 0 Å². The Morgan fingerprint density at radius 1 is 0.968 bits per heavy atom. The Balaban J connectivity index is 1.56. The minimum Gasteiger partial charge on any atom is -0.381 e. The average Bonchev–Trinajstić information content (AvgIpc) is 3.58. The van der Waals surface area contributed by atoms with Crippen LogP contribution in [-0.4, -0.2) is 67.0 Å². The monoisotopic (exact) mass is 427 g/mol. The molecule has 0 bridgehead atoms. The summed E-state index contributed by atoms with van der Waals surface area (Å²) in [6.07, 6.45) is 7.13. The Hall–Kier alpha value is -1.92. The lowest BCUT2D eigenvalue weighted by molar-refractivity contribution is -0.132. The summed E-state index contributed by atoms with van der Waals surface area (Å²) >= 11 is 0. The summed E-state index contributed by atoms with van der Waals surface area (Å²) in [5.74, 6) is 0.913. The molecule has 1 aliphatic carbocycles. The van der Waals surface area contributed by atoms with Gasteiger partial charge in [-0.1, -0.05) is 18.2 Å². The Bertz CT molecular complexity index is 758. The van der Waals surface area contributed by atoms with Crippen LogP contribution in [0.3, 0.4) is 0 Å². The zero-order valence-corrected chi connectivity index (χ0v) is 18.9. The van der Waals surface area contributed by atoms with E-state index in [9.17, 15) is 9.59 Å². The molecule has 3 aliphatic rings. The number of hydrogen-bond donors (Lipinski definition) is 0. The maximum Gasteiger partial charge on any atom is 0.223 e. The van der Waals surface area contributed by atoms with Gasteiger partial charge in [0.1, 0.15) is 0 Å². The second-order valence-electron chi connectivity index (χ2n) is 9.35. The van der Waals surface area contributed by atoms with Gasteiger partial charge in [0.15, 0.2) is 0 Å². The lowest BCUT2D eigenvalue weighted by Gasteiger charge is -2.36. The number of fused-ring (bicyclic) bond motifs is 1. The molecule has 0 spiro atoms. The largest absolute Gasteiger partial charge is 0.381 e. The first-order chi connectivity index (χ1) is 15.1. The first kappa shape index (κ1) is 22.3. The van der Waals surface area contributed by atoms with Crippen LogP contribution < -0.4 is 4.90 Å². The number of benzene rings is 1. The zero-order chi connectivity index (χ0) is 21.6. The van der Waals surface area contributed by atoms with Gasteiger partial charge in [-0.25, -0.2) is 0 Å². The topological polar surface area (TPSA) is 53.1 Å². The number of amides is 2. The summed E-state index contributed by atoms with van der Waals surface area (Å²) in [6, 6.07) is 8.65. The molecule has 31 heavy (non-hydrogen) atoms. The fourth-order valence-electron chi connectivity index (χ4n) is 4.97. The Kier molecular flexibility index (Phi) is 7.62. The van der Waals surface area contributed by atoms with Crippen molar-refractivity contribution in [3.63, 3.8) is 0 Å². The van der Waals surface area contributed by atoms with E-state index < -0.39 is 0 Å². The third-order valence-electron chi connectivity index (χ3n) is 6.94. The molecule has 2 aliphatic heterocycles. The van der Waals surface area contributed by atoms with Gasteiger partial charge in [0, 0.05) is 71.0 Å². The zero-order valence-electron chi connectivity index (χ0n) is 18.9. The molecule has 2 heterocycles. The van der Waals surface area contributed by atoms with Crippen molar-refractivity contribution < 1.29 is 14.3 Å². The Morgan fingerprint density at radius 3 is 2.39 bits per heavy atom. The van der Waals surface area contributed by atoms with Crippen LogP contribution in [0.4, 0.5) is 5.69 Å². The van der Waals surface area contributed by atoms with Crippen molar-refractivity contribution in [1.29, 1.82) is 0 Å². The van der Waals surface area contributed by atoms with E-state index in [1.165, 1.54) is 12.8 Å². The maximum absolute atomic E-state index is 13.1. The van der Waals surface area contributed by atoms with Crippen molar-refractivity contribution in [2.75, 3.05) is 44.3 Å². The van der Waals surface area contributed by atoms with Crippen molar-refractivity contribution in [3.05, 3.63) is 29.8 Å². The third-order valence-corrected chi connectivity index (χ3v) is 6.94. The van der Waals surface area contributed by atoms with Crippen LogP contribution in [0.25, 0.3) is 0 Å². The molecule has 170 valence electrons. The van der Waals surface area contributed by atoms with E-state index >= 15 is 0 Å². The van der Waals surface area contributed by atoms with Crippen LogP contribution in [0, 0.1) is 5.92 Å². The van der Waals surface area contributed by atoms with Crippen LogP contribution in [0.1, 0.15) is 57.4 Å². The Morgan fingerprint density at radius 2 is 1.68 bits per heavy atom. The molecule has 0 unspecified atom stereocenters. The van der Waals surface area contributed by atoms with E-state index in [4.69, 9.17) is 4.74 Å². The highest BCUT2D eigenvalue weighted by Crippen LogP contribution is 2.33. The fraction of sp³-hybridized carbons (Fsp3) is 0.680. The number of rotatable bonds is 3. The highest BCUT2D eigenvalue weighted by molar-refractivity contribution is 5.92. The summed E-state index contributed by atoms with van der Waals surface area (Å²) < 4.78 is 5.57. The van der Waals surface area contributed by atoms with E-state index in [1.807, 2.05) is 28.0 Å². The smallest absolute Gasteiger partial charge is 0.223 e. The third kappa shape index (κ3) is 6.07. The maximum atomic E-state index is 13.1. The normalized spacial score (nSPS) is 22.4. The molecule has 1 saturated heterocycles. The second kappa shape index (κ2) is 10.6. The van der Waals surface area contributed by atoms with Gasteiger partial charge in [0.25, 0.3) is 0 Å². The minimum absolute atomic E-state index is 0.0676. The number of carbonyl (C=O) groups excluding carboxylic acids is 2. The Labute approximate surface area is 186 Å². The van der Waals surface area contributed by atoms with Crippen molar-refractivity contribution in [2.24, 2.45) is 5.92 Å². The number of para-hydroxylation sites is 1. The highest BCUT2D eigenvalue weighted by Gasteiger charge is 2.29. The van der Waals surface area contributed by atoms with Gasteiger partial charge in [0.05, 0.1) is 0 Å². The number of ether oxygens (including phenoxy) is 1. The quantitative estimate of drug-likeness (QED) is 0.742. The molecule has 6 nitrogen and oxygen atoms in total. The van der Waals surface area contributed by atoms with Gasteiger partial charge >= 0.3 is 0 Å². The van der Waals surface area contributed by atoms with Crippen LogP contribution in [0.15, 0.2) is 24.3 Å². The number of hydrogen-bond acceptors (Lipinski definition) is 4. The van der Waals surface area contributed by atoms with Gasteiger partial charge < -0.3 is 19.4 Å². The van der Waals surface area contributed by atoms with Crippen LogP contribution in [0.5, 0.6) is 0 Å². The van der Waals surface area contributed by atoms with Crippen molar-refractivity contribution >= 4 is 17.5 Å². The van der Waals surface area contributed by atoms with E-state index in [0.717, 1.165) is 69.8 Å². The van der Waals surface area contributed by atoms with Gasteiger partial charge in [0.2, 0.25) is 11.8 Å². The molecule has 0 aromatic heterocycles. The predicted octanol–water partition coefficient (Wildman–Crippen LogP) is 3.44. The summed E-state index contributed by atoms with van der Waals surface area (Å²) in [5.41, 5.74) is 2.03. The first-order valence-electron chi connectivity index (χ1n) is 12.1. The molecule has 1 saturated carbocycles. The fourth-order valence-corrected chi connectivity index (χ4v) is 4.97. The van der Waals surface area contributed by atoms with Gasteiger partial charge in [-0.05, 0) is 56.1 Å². The highest BCUT2D eigenvalue weighted by atomic mass is 16.5. The van der Waals surface area contributed by atoms with E-state index in [2.05, 4.69) is 11.0 Å². The lowest BCUT2D eigenvalue weighted by Crippen LogP contribution is -2.43. The number of carbonyl (C=O) groups is 2. The standard InChI is InChI=1S/C25H37N3O3/c1-20(29)28-15-5-13-26(23-10-16-31-17-11-23)12-4-14-27(25(30)18-21-8-9-21)19-22-6-2-3-7-24(22)28/h2-3,6-7,21,23H,4-5,8-19H2,1H3. The first-order valence-corrected chi connectivity index (χ1v) is 12.1. The van der Waals surface area contributed by atoms with Crippen molar-refractivity contribution in [3.8, 4) is 0 Å². The van der Waals surface area contributed by atoms with Crippen LogP contribution >= 0.6 is 0 Å². The molecule has 0 N–H and O–H groups in total. The SMILES string of the molecule is CC(=O)N1CCCN(C2CCOCC2)CCCN(C(=O)CC2CC2)Cc2ccccc21. The van der Waals surface area contributed by atoms with Gasteiger partial charge in [-0.15, -0.1) is 0 Å². The summed E-state index contributed by atoms with van der Waals surface area (Å²) in [5, 5.41) is 0. The lowest BCUT2D eigenvalue weighted by atomic mass is 10.1. The molecule has 2 fully saturated rings. The summed E-state index contributed by atoms with van der Waals surface area (Å²) in [4.78, 5) is 32.2. The predicted molar refractivity (Wildman–Crippen MR) is 122 cm³/mol. The van der Waals surface area contributed by atoms with Crippen LogP contribution in [-0.2, 0) is 20.9 Å². The minimum atomic E-state index is 0.0676. The molecule has 0 atom stereocenters. The number of anilines is 1. The van der Waals surface area contributed by atoms with E-state index in [-0.39, 0.29) is 11.8 Å². The summed E-state index contributed by atoms with van der Waals surface area (Å²) in [7, 11) is 0. The molecule has 4 rings (SSSR count). The molecule has 6 heteroatoms. The molecular formula is C25H37N3O3. The second-order valence-corrected chi connectivity index (χ2v) is 9.35.